The summed E-state index contributed by atoms with van der Waals surface area (Å²) in [5, 5.41) is 6.96. The summed E-state index contributed by atoms with van der Waals surface area (Å²) < 4.78 is 0. The van der Waals surface area contributed by atoms with E-state index in [0.717, 1.165) is 19.6 Å². The van der Waals surface area contributed by atoms with Crippen LogP contribution in [-0.4, -0.2) is 12.6 Å². The maximum Gasteiger partial charge on any atom is 0.0208 e. The third-order valence-corrected chi connectivity index (χ3v) is 3.42. The van der Waals surface area contributed by atoms with Crippen molar-refractivity contribution in [2.75, 3.05) is 6.54 Å². The molecule has 1 aliphatic heterocycles. The van der Waals surface area contributed by atoms with E-state index < -0.39 is 0 Å². The molecule has 0 spiro atoms. The van der Waals surface area contributed by atoms with Crippen LogP contribution in [0.2, 0.25) is 0 Å². The molecule has 0 fully saturated rings. The van der Waals surface area contributed by atoms with E-state index in [1.54, 1.807) is 0 Å². The highest BCUT2D eigenvalue weighted by molar-refractivity contribution is 5.33. The first-order valence-electron chi connectivity index (χ1n) is 6.34. The van der Waals surface area contributed by atoms with Crippen molar-refractivity contribution < 1.29 is 0 Å². The van der Waals surface area contributed by atoms with Crippen molar-refractivity contribution >= 4 is 0 Å². The summed E-state index contributed by atoms with van der Waals surface area (Å²) in [5.74, 6) is 0. The maximum absolute atomic E-state index is 3.53. The molecule has 1 atom stereocenters. The minimum Gasteiger partial charge on any atom is -0.312 e. The van der Waals surface area contributed by atoms with Crippen LogP contribution >= 0.6 is 0 Å². The van der Waals surface area contributed by atoms with Gasteiger partial charge in [0.25, 0.3) is 0 Å². The summed E-state index contributed by atoms with van der Waals surface area (Å²) in [6.45, 7) is 7.60. The van der Waals surface area contributed by atoms with E-state index in [-0.39, 0.29) is 0 Å². The number of hydrogen-bond donors (Lipinski definition) is 2. The predicted molar refractivity (Wildman–Crippen MR) is 68.4 cm³/mol. The number of rotatable bonds is 4. The molecule has 16 heavy (non-hydrogen) atoms. The Morgan fingerprint density at radius 3 is 3.06 bits per heavy atom. The van der Waals surface area contributed by atoms with Gasteiger partial charge >= 0.3 is 0 Å². The zero-order chi connectivity index (χ0) is 11.4. The Hall–Kier alpha value is -0.860. The Labute approximate surface area is 98.4 Å². The van der Waals surface area contributed by atoms with Gasteiger partial charge in [0, 0.05) is 19.1 Å². The molecule has 0 amide bonds. The average Bonchev–Trinajstić information content (AvgIpc) is 2.35. The van der Waals surface area contributed by atoms with Gasteiger partial charge in [0.05, 0.1) is 0 Å². The van der Waals surface area contributed by atoms with Gasteiger partial charge in [0.1, 0.15) is 0 Å². The highest BCUT2D eigenvalue weighted by atomic mass is 14.9. The van der Waals surface area contributed by atoms with E-state index >= 15 is 0 Å². The van der Waals surface area contributed by atoms with E-state index in [1.807, 2.05) is 0 Å². The van der Waals surface area contributed by atoms with Crippen LogP contribution in [0.3, 0.4) is 0 Å². The Morgan fingerprint density at radius 1 is 1.38 bits per heavy atom. The van der Waals surface area contributed by atoms with Crippen molar-refractivity contribution in [3.05, 3.63) is 34.9 Å². The number of nitrogens with one attached hydrogen (secondary N) is 2. The van der Waals surface area contributed by atoms with E-state index in [9.17, 15) is 0 Å². The Morgan fingerprint density at radius 2 is 2.25 bits per heavy atom. The van der Waals surface area contributed by atoms with E-state index in [2.05, 4.69) is 42.7 Å². The van der Waals surface area contributed by atoms with Crippen LogP contribution in [0.4, 0.5) is 0 Å². The first kappa shape index (κ1) is 11.6. The summed E-state index contributed by atoms with van der Waals surface area (Å²) in [4.78, 5) is 0. The molecule has 1 unspecified atom stereocenters. The molecule has 0 bridgehead atoms. The molecule has 0 radical (unpaired) electrons. The third-order valence-electron chi connectivity index (χ3n) is 3.42. The van der Waals surface area contributed by atoms with Crippen LogP contribution in [0.5, 0.6) is 0 Å². The molecular formula is C14H22N2. The van der Waals surface area contributed by atoms with Crippen LogP contribution in [0, 0.1) is 0 Å². The lowest BCUT2D eigenvalue weighted by molar-refractivity contribution is 0.533. The highest BCUT2D eigenvalue weighted by Crippen LogP contribution is 2.15. The molecule has 1 aromatic rings. The van der Waals surface area contributed by atoms with Gasteiger partial charge in [-0.05, 0) is 43.0 Å². The molecule has 0 saturated heterocycles. The average molecular weight is 218 g/mol. The molecule has 2 heteroatoms. The van der Waals surface area contributed by atoms with Gasteiger partial charge in [-0.3, -0.25) is 0 Å². The van der Waals surface area contributed by atoms with Crippen molar-refractivity contribution in [1.29, 1.82) is 0 Å². The van der Waals surface area contributed by atoms with Crippen LogP contribution in [0.25, 0.3) is 0 Å². The molecule has 1 heterocycles. The molecule has 1 aliphatic rings. The molecular weight excluding hydrogens is 196 g/mol. The fourth-order valence-electron chi connectivity index (χ4n) is 2.08. The van der Waals surface area contributed by atoms with Crippen molar-refractivity contribution in [2.24, 2.45) is 0 Å². The number of benzene rings is 1. The Balaban J connectivity index is 2.00. The van der Waals surface area contributed by atoms with Crippen molar-refractivity contribution in [2.45, 2.75) is 45.8 Å². The van der Waals surface area contributed by atoms with Gasteiger partial charge in [-0.15, -0.1) is 0 Å². The molecule has 0 aromatic heterocycles. The van der Waals surface area contributed by atoms with Gasteiger partial charge in [-0.2, -0.15) is 0 Å². The van der Waals surface area contributed by atoms with E-state index in [0.29, 0.717) is 6.04 Å². The van der Waals surface area contributed by atoms with Gasteiger partial charge in [0.2, 0.25) is 0 Å². The van der Waals surface area contributed by atoms with Crippen LogP contribution in [0.1, 0.15) is 37.0 Å². The van der Waals surface area contributed by atoms with Gasteiger partial charge < -0.3 is 10.6 Å². The standard InChI is InChI=1S/C14H22N2/c1-3-11(2)16-9-12-4-5-13-6-7-15-10-14(13)8-12/h4-5,8,11,15-16H,3,6-7,9-10H2,1-2H3. The lowest BCUT2D eigenvalue weighted by atomic mass is 9.98. The molecule has 2 rings (SSSR count). The van der Waals surface area contributed by atoms with Gasteiger partial charge in [-0.1, -0.05) is 25.1 Å². The van der Waals surface area contributed by atoms with Crippen LogP contribution in [-0.2, 0) is 19.5 Å². The molecule has 0 saturated carbocycles. The predicted octanol–water partition coefficient (Wildman–Crippen LogP) is 2.22. The monoisotopic (exact) mass is 218 g/mol. The Bertz CT molecular complexity index is 347. The first-order chi connectivity index (χ1) is 7.79. The lowest BCUT2D eigenvalue weighted by Crippen LogP contribution is -2.26. The normalized spacial score (nSPS) is 16.9. The third kappa shape index (κ3) is 2.83. The lowest BCUT2D eigenvalue weighted by Gasteiger charge is -2.18. The summed E-state index contributed by atoms with van der Waals surface area (Å²) in [7, 11) is 0. The fraction of sp³-hybridized carbons (Fsp3) is 0.571. The van der Waals surface area contributed by atoms with Crippen LogP contribution < -0.4 is 10.6 Å². The second-order valence-corrected chi connectivity index (χ2v) is 4.72. The molecule has 2 nitrogen and oxygen atoms in total. The Kier molecular flexibility index (Phi) is 3.97. The molecule has 1 aromatic carbocycles. The SMILES string of the molecule is CCC(C)NCc1ccc2c(c1)CNCC2. The first-order valence-corrected chi connectivity index (χ1v) is 6.34. The summed E-state index contributed by atoms with van der Waals surface area (Å²) in [6.07, 6.45) is 2.36. The minimum atomic E-state index is 0.606. The number of hydrogen-bond acceptors (Lipinski definition) is 2. The zero-order valence-electron chi connectivity index (χ0n) is 10.3. The topological polar surface area (TPSA) is 24.1 Å². The quantitative estimate of drug-likeness (QED) is 0.809. The van der Waals surface area contributed by atoms with E-state index in [1.165, 1.54) is 29.5 Å². The number of fused-ring (bicyclic) bond motifs is 1. The smallest absolute Gasteiger partial charge is 0.0208 e. The van der Waals surface area contributed by atoms with Gasteiger partial charge in [-0.25, -0.2) is 0 Å². The minimum absolute atomic E-state index is 0.606. The van der Waals surface area contributed by atoms with Gasteiger partial charge in [0.15, 0.2) is 0 Å². The second-order valence-electron chi connectivity index (χ2n) is 4.72. The van der Waals surface area contributed by atoms with E-state index in [4.69, 9.17) is 0 Å². The van der Waals surface area contributed by atoms with Crippen LogP contribution in [0.15, 0.2) is 18.2 Å². The highest BCUT2D eigenvalue weighted by Gasteiger charge is 2.08. The van der Waals surface area contributed by atoms with Crippen molar-refractivity contribution in [3.8, 4) is 0 Å². The molecule has 88 valence electrons. The molecule has 2 N–H and O–H groups in total. The fourth-order valence-corrected chi connectivity index (χ4v) is 2.08. The summed E-state index contributed by atoms with van der Waals surface area (Å²) >= 11 is 0. The summed E-state index contributed by atoms with van der Waals surface area (Å²) in [6, 6.07) is 7.51. The maximum atomic E-state index is 3.53. The summed E-state index contributed by atoms with van der Waals surface area (Å²) in [5.41, 5.74) is 4.41. The van der Waals surface area contributed by atoms with Crippen molar-refractivity contribution in [3.63, 3.8) is 0 Å². The second kappa shape index (κ2) is 5.46. The largest absolute Gasteiger partial charge is 0.312 e. The zero-order valence-corrected chi connectivity index (χ0v) is 10.3. The van der Waals surface area contributed by atoms with Crippen molar-refractivity contribution in [1.82, 2.24) is 10.6 Å². The molecule has 0 aliphatic carbocycles.